The number of likely N-dealkylation sites (tertiary alicyclic amines) is 1. The van der Waals surface area contributed by atoms with Gasteiger partial charge >= 0.3 is 0 Å². The molecule has 38 heavy (non-hydrogen) atoms. The molecule has 0 unspecified atom stereocenters. The van der Waals surface area contributed by atoms with Crippen LogP contribution in [0.15, 0.2) is 47.4 Å². The molecule has 1 saturated heterocycles. The first-order valence-electron chi connectivity index (χ1n) is 12.6. The van der Waals surface area contributed by atoms with E-state index in [0.29, 0.717) is 12.1 Å². The second kappa shape index (κ2) is 12.2. The van der Waals surface area contributed by atoms with Crippen LogP contribution in [0.1, 0.15) is 50.4 Å². The van der Waals surface area contributed by atoms with Crippen LogP contribution in [0.3, 0.4) is 0 Å². The van der Waals surface area contributed by atoms with Gasteiger partial charge in [-0.25, -0.2) is 17.5 Å². The van der Waals surface area contributed by atoms with Gasteiger partial charge in [-0.2, -0.15) is 0 Å². The fourth-order valence-electron chi connectivity index (χ4n) is 4.36. The Balaban J connectivity index is 1.81. The van der Waals surface area contributed by atoms with Crippen molar-refractivity contribution in [3.63, 3.8) is 0 Å². The van der Waals surface area contributed by atoms with Gasteiger partial charge in [0.05, 0.1) is 7.11 Å². The minimum Gasteiger partial charge on any atom is -0.495 e. The predicted octanol–water partition coefficient (Wildman–Crippen LogP) is 3.38. The summed E-state index contributed by atoms with van der Waals surface area (Å²) >= 11 is 0. The van der Waals surface area contributed by atoms with E-state index in [0.717, 1.165) is 25.9 Å². The Labute approximate surface area is 224 Å². The summed E-state index contributed by atoms with van der Waals surface area (Å²) in [6, 6.07) is 8.55. The number of carbonyl (C=O) groups is 2. The first-order valence-corrected chi connectivity index (χ1v) is 14.0. The van der Waals surface area contributed by atoms with E-state index in [-0.39, 0.29) is 22.1 Å². The average molecular weight is 549 g/mol. The molecule has 3 rings (SSSR count). The van der Waals surface area contributed by atoms with Crippen molar-refractivity contribution in [1.82, 2.24) is 14.9 Å². The van der Waals surface area contributed by atoms with Crippen LogP contribution in [0.5, 0.6) is 5.75 Å². The maximum absolute atomic E-state index is 13.4. The van der Waals surface area contributed by atoms with Gasteiger partial charge in [-0.3, -0.25) is 9.59 Å². The number of amides is 2. The minimum atomic E-state index is -3.87. The summed E-state index contributed by atoms with van der Waals surface area (Å²) in [5.41, 5.74) is -0.123. The highest BCUT2D eigenvalue weighted by Crippen LogP contribution is 2.29. The second-order valence-electron chi connectivity index (χ2n) is 10.7. The molecule has 1 aliphatic heterocycles. The van der Waals surface area contributed by atoms with Gasteiger partial charge in [-0.1, -0.05) is 0 Å². The van der Waals surface area contributed by atoms with Crippen molar-refractivity contribution in [2.75, 3.05) is 32.6 Å². The van der Waals surface area contributed by atoms with Crippen LogP contribution >= 0.6 is 0 Å². The number of nitrogens with zero attached hydrogens (tertiary/aromatic N) is 1. The van der Waals surface area contributed by atoms with Gasteiger partial charge in [0.1, 0.15) is 22.5 Å². The molecular weight excluding hydrogens is 511 g/mol. The smallest absolute Gasteiger partial charge is 0.251 e. The zero-order valence-electron chi connectivity index (χ0n) is 22.5. The summed E-state index contributed by atoms with van der Waals surface area (Å²) in [5.74, 6) is -1.07. The Morgan fingerprint density at radius 1 is 1.11 bits per heavy atom. The Kier molecular flexibility index (Phi) is 9.50. The molecule has 3 N–H and O–H groups in total. The zero-order valence-corrected chi connectivity index (χ0v) is 23.3. The lowest BCUT2D eigenvalue weighted by Crippen LogP contribution is -2.46. The van der Waals surface area contributed by atoms with Crippen molar-refractivity contribution in [2.45, 2.75) is 56.5 Å². The normalized spacial score (nSPS) is 16.1. The molecule has 2 aromatic carbocycles. The van der Waals surface area contributed by atoms with Gasteiger partial charge in [0.15, 0.2) is 0 Å². The number of rotatable bonds is 9. The number of sulfonamides is 1. The number of hydrogen-bond acceptors (Lipinski definition) is 6. The molecule has 208 valence electrons. The van der Waals surface area contributed by atoms with Crippen molar-refractivity contribution in [1.29, 1.82) is 0 Å². The van der Waals surface area contributed by atoms with Gasteiger partial charge in [0.25, 0.3) is 5.91 Å². The SMILES string of the molecule is COc1cc(NC(=O)[C@H](CC2CCN(C)CC2)NC(=O)c2ccc(F)cc2)ccc1S(=O)(=O)NC(C)(C)C. The molecule has 0 spiro atoms. The Morgan fingerprint density at radius 2 is 1.74 bits per heavy atom. The number of nitrogens with one attached hydrogen (secondary N) is 3. The quantitative estimate of drug-likeness (QED) is 0.442. The van der Waals surface area contributed by atoms with Gasteiger partial charge in [-0.05, 0) is 102 Å². The Hall–Kier alpha value is -3.02. The van der Waals surface area contributed by atoms with E-state index < -0.39 is 39.2 Å². The van der Waals surface area contributed by atoms with Gasteiger partial charge in [-0.15, -0.1) is 0 Å². The van der Waals surface area contributed by atoms with E-state index in [1.807, 2.05) is 7.05 Å². The van der Waals surface area contributed by atoms with Crippen LogP contribution in [0.4, 0.5) is 10.1 Å². The number of ether oxygens (including phenoxy) is 1. The van der Waals surface area contributed by atoms with Crippen LogP contribution in [-0.4, -0.2) is 64.0 Å². The first kappa shape index (κ1) is 29.5. The van der Waals surface area contributed by atoms with E-state index in [1.165, 1.54) is 49.6 Å². The molecule has 1 atom stereocenters. The monoisotopic (exact) mass is 548 g/mol. The molecule has 9 nitrogen and oxygen atoms in total. The van der Waals surface area contributed by atoms with Crippen molar-refractivity contribution in [3.8, 4) is 5.75 Å². The molecule has 2 aromatic rings. The number of piperidine rings is 1. The third-order valence-corrected chi connectivity index (χ3v) is 8.09. The highest BCUT2D eigenvalue weighted by molar-refractivity contribution is 7.89. The van der Waals surface area contributed by atoms with E-state index in [2.05, 4.69) is 20.3 Å². The molecule has 1 aliphatic rings. The maximum atomic E-state index is 13.4. The lowest BCUT2D eigenvalue weighted by atomic mass is 9.90. The standard InChI is InChI=1S/C27H37FN4O5S/c1-27(2,3)31-38(35,36)24-11-10-21(17-23(24)37-5)29-26(34)22(16-18-12-14-32(4)15-13-18)30-25(33)19-6-8-20(28)9-7-19/h6-11,17-18,22,31H,12-16H2,1-5H3,(H,29,34)(H,30,33)/t22-/m0/s1. The summed E-state index contributed by atoms with van der Waals surface area (Å²) in [5, 5.41) is 5.59. The van der Waals surface area contributed by atoms with Crippen LogP contribution in [0, 0.1) is 11.7 Å². The molecule has 0 aliphatic carbocycles. The predicted molar refractivity (Wildman–Crippen MR) is 144 cm³/mol. The van der Waals surface area contributed by atoms with Gasteiger partial charge < -0.3 is 20.3 Å². The number of anilines is 1. The summed E-state index contributed by atoms with van der Waals surface area (Å²) in [6.07, 6.45) is 2.23. The maximum Gasteiger partial charge on any atom is 0.251 e. The van der Waals surface area contributed by atoms with E-state index in [4.69, 9.17) is 4.74 Å². The Bertz CT molecular complexity index is 1240. The number of benzene rings is 2. The summed E-state index contributed by atoms with van der Waals surface area (Å²) < 4.78 is 46.9. The summed E-state index contributed by atoms with van der Waals surface area (Å²) in [6.45, 7) is 7.00. The zero-order chi connectivity index (χ0) is 28.1. The average Bonchev–Trinajstić information content (AvgIpc) is 2.83. The number of carbonyl (C=O) groups excluding carboxylic acids is 2. The molecule has 0 aromatic heterocycles. The third-order valence-electron chi connectivity index (χ3n) is 6.30. The lowest BCUT2D eigenvalue weighted by molar-refractivity contribution is -0.118. The lowest BCUT2D eigenvalue weighted by Gasteiger charge is -2.31. The summed E-state index contributed by atoms with van der Waals surface area (Å²) in [7, 11) is -0.474. The molecule has 0 bridgehead atoms. The third kappa shape index (κ3) is 8.24. The molecular formula is C27H37FN4O5S. The van der Waals surface area contributed by atoms with Crippen molar-refractivity contribution >= 4 is 27.5 Å². The molecule has 0 saturated carbocycles. The molecule has 11 heteroatoms. The minimum absolute atomic E-state index is 0.0552. The van der Waals surface area contributed by atoms with E-state index in [1.54, 1.807) is 20.8 Å². The van der Waals surface area contributed by atoms with Gasteiger partial charge in [0.2, 0.25) is 15.9 Å². The van der Waals surface area contributed by atoms with Crippen LogP contribution in [-0.2, 0) is 14.8 Å². The summed E-state index contributed by atoms with van der Waals surface area (Å²) in [4.78, 5) is 28.4. The highest BCUT2D eigenvalue weighted by Gasteiger charge is 2.29. The van der Waals surface area contributed by atoms with Gasteiger partial charge in [0, 0.05) is 22.9 Å². The van der Waals surface area contributed by atoms with Crippen molar-refractivity contribution in [3.05, 3.63) is 53.8 Å². The number of halogens is 1. The fraction of sp³-hybridized carbons (Fsp3) is 0.481. The van der Waals surface area contributed by atoms with Crippen molar-refractivity contribution in [2.24, 2.45) is 5.92 Å². The molecule has 1 fully saturated rings. The van der Waals surface area contributed by atoms with E-state index in [9.17, 15) is 22.4 Å². The number of methoxy groups -OCH3 is 1. The molecule has 0 radical (unpaired) electrons. The molecule has 2 amide bonds. The Morgan fingerprint density at radius 3 is 2.32 bits per heavy atom. The second-order valence-corrected chi connectivity index (χ2v) is 12.4. The fourth-order valence-corrected chi connectivity index (χ4v) is 5.93. The van der Waals surface area contributed by atoms with Crippen LogP contribution in [0.25, 0.3) is 0 Å². The molecule has 1 heterocycles. The first-order chi connectivity index (χ1) is 17.8. The topological polar surface area (TPSA) is 117 Å². The van der Waals surface area contributed by atoms with Crippen LogP contribution in [0.2, 0.25) is 0 Å². The number of hydrogen-bond donors (Lipinski definition) is 3. The largest absolute Gasteiger partial charge is 0.495 e. The van der Waals surface area contributed by atoms with Crippen molar-refractivity contribution < 1.29 is 27.1 Å². The highest BCUT2D eigenvalue weighted by atomic mass is 32.2. The van der Waals surface area contributed by atoms with E-state index >= 15 is 0 Å². The van der Waals surface area contributed by atoms with Crippen LogP contribution < -0.4 is 20.1 Å².